The quantitative estimate of drug-likeness (QED) is 0.302. The summed E-state index contributed by atoms with van der Waals surface area (Å²) < 4.78 is 41.4. The summed E-state index contributed by atoms with van der Waals surface area (Å²) in [6.45, 7) is 3.99. The van der Waals surface area contributed by atoms with Gasteiger partial charge in [-0.3, -0.25) is 23.7 Å². The van der Waals surface area contributed by atoms with Gasteiger partial charge in [0.25, 0.3) is 5.56 Å². The lowest BCUT2D eigenvalue weighted by molar-refractivity contribution is -0.149. The molecule has 0 radical (unpaired) electrons. The molecule has 1 aromatic rings. The number of nitrogens with one attached hydrogen (secondary N) is 2. The average molecular weight is 439 g/mol. The first-order valence-corrected chi connectivity index (χ1v) is 10.3. The first kappa shape index (κ1) is 23.4. The van der Waals surface area contributed by atoms with Gasteiger partial charge in [0.15, 0.2) is 0 Å². The second-order valence-electron chi connectivity index (χ2n) is 6.73. The molecule has 1 aliphatic heterocycles. The van der Waals surface area contributed by atoms with Crippen molar-refractivity contribution in [3.8, 4) is 0 Å². The molecule has 1 aliphatic rings. The van der Waals surface area contributed by atoms with Gasteiger partial charge in [-0.1, -0.05) is 0 Å². The maximum Gasteiger partial charge on any atom is 0.403 e. The molecule has 0 spiro atoms. The molecule has 2 heterocycles. The maximum absolute atomic E-state index is 13.4. The van der Waals surface area contributed by atoms with Crippen LogP contribution in [-0.2, 0) is 23.4 Å². The number of aliphatic hydroxyl groups excluding tert-OH is 1. The molecule has 0 bridgehead atoms. The number of carbonyl (C=O) groups excluding carboxylic acids is 1. The Bertz CT molecular complexity index is 902. The molecular weight excluding hydrogens is 416 g/mol. The summed E-state index contributed by atoms with van der Waals surface area (Å²) in [5.41, 5.74) is -2.13. The molecule has 14 heteroatoms. The summed E-state index contributed by atoms with van der Waals surface area (Å²) in [7, 11) is -4.46. The molecule has 164 valence electrons. The molecule has 1 saturated heterocycles. The zero-order chi connectivity index (χ0) is 21.9. The Morgan fingerprint density at radius 3 is 2.76 bits per heavy atom. The number of ether oxygens (including phenoxy) is 2. The van der Waals surface area contributed by atoms with Crippen LogP contribution in [0.3, 0.4) is 0 Å². The largest absolute Gasteiger partial charge is 0.462 e. The fourth-order valence-corrected chi connectivity index (χ4v) is 3.57. The minimum absolute atomic E-state index is 0.153. The molecule has 4 unspecified atom stereocenters. The highest BCUT2D eigenvalue weighted by atomic mass is 31.2. The Kier molecular flexibility index (Phi) is 7.49. The van der Waals surface area contributed by atoms with E-state index in [-0.39, 0.29) is 6.42 Å². The van der Waals surface area contributed by atoms with Gasteiger partial charge < -0.3 is 19.5 Å². The maximum atomic E-state index is 13.4. The van der Waals surface area contributed by atoms with Crippen molar-refractivity contribution < 1.29 is 37.7 Å². The third kappa shape index (κ3) is 6.29. The number of aromatic nitrogens is 2. The molecule has 5 atom stereocenters. The van der Waals surface area contributed by atoms with Crippen LogP contribution in [0.2, 0.25) is 0 Å². The monoisotopic (exact) mass is 439 g/mol. The first-order valence-electron chi connectivity index (χ1n) is 8.69. The van der Waals surface area contributed by atoms with E-state index in [0.29, 0.717) is 6.20 Å². The molecule has 29 heavy (non-hydrogen) atoms. The summed E-state index contributed by atoms with van der Waals surface area (Å²) in [5, 5.41) is 12.1. The van der Waals surface area contributed by atoms with E-state index < -0.39 is 68.0 Å². The lowest BCUT2D eigenvalue weighted by atomic mass is 10.2. The fraction of sp³-hybridized carbons (Fsp3) is 0.667. The lowest BCUT2D eigenvalue weighted by Crippen LogP contribution is -2.36. The number of hydrogen-bond donors (Lipinski definition) is 4. The highest BCUT2D eigenvalue weighted by Gasteiger charge is 2.38. The van der Waals surface area contributed by atoms with Crippen LogP contribution in [0.25, 0.3) is 0 Å². The van der Waals surface area contributed by atoms with Crippen molar-refractivity contribution in [2.24, 2.45) is 0 Å². The van der Waals surface area contributed by atoms with Crippen LogP contribution in [0.1, 0.15) is 33.4 Å². The highest BCUT2D eigenvalue weighted by molar-refractivity contribution is 7.50. The third-order valence-corrected chi connectivity index (χ3v) is 5.13. The molecule has 1 aromatic heterocycles. The van der Waals surface area contributed by atoms with E-state index in [0.717, 1.165) is 4.57 Å². The number of rotatable bonds is 8. The minimum atomic E-state index is -4.46. The van der Waals surface area contributed by atoms with E-state index in [1.165, 1.54) is 6.92 Å². The predicted octanol–water partition coefficient (Wildman–Crippen LogP) is -0.629. The number of halogens is 1. The molecule has 0 aliphatic carbocycles. The van der Waals surface area contributed by atoms with Crippen LogP contribution in [0.4, 0.5) is 4.39 Å². The summed E-state index contributed by atoms with van der Waals surface area (Å²) in [6, 6.07) is -1.14. The van der Waals surface area contributed by atoms with E-state index in [2.05, 4.69) is 5.09 Å². The average Bonchev–Trinajstić information content (AvgIpc) is 2.96. The summed E-state index contributed by atoms with van der Waals surface area (Å²) >= 11 is 0. The van der Waals surface area contributed by atoms with E-state index >= 15 is 0 Å². The number of carbonyl (C=O) groups is 1. The molecule has 12 nitrogen and oxygen atoms in total. The van der Waals surface area contributed by atoms with Crippen LogP contribution in [-0.4, -0.2) is 56.5 Å². The predicted molar refractivity (Wildman–Crippen MR) is 95.4 cm³/mol. The van der Waals surface area contributed by atoms with Crippen molar-refractivity contribution in [1.29, 1.82) is 0 Å². The number of aliphatic hydroxyl groups is 1. The number of H-pyrrole nitrogens is 1. The van der Waals surface area contributed by atoms with Crippen LogP contribution < -0.4 is 16.3 Å². The summed E-state index contributed by atoms with van der Waals surface area (Å²) in [6.07, 6.45) is -3.37. The molecular formula is C15H23FN3O9P. The Morgan fingerprint density at radius 2 is 2.14 bits per heavy atom. The number of esters is 1. The van der Waals surface area contributed by atoms with Gasteiger partial charge in [-0.05, 0) is 20.8 Å². The van der Waals surface area contributed by atoms with Crippen LogP contribution in [0.5, 0.6) is 0 Å². The second-order valence-corrected chi connectivity index (χ2v) is 8.29. The SMILES string of the molecule is CC(C)OC(=O)[C@H](C)NP(=O)(O)OCC1OC(n2cc(F)c(=O)[nH]c2=O)CC1O. The number of nitrogens with zero attached hydrogens (tertiary/aromatic N) is 1. The van der Waals surface area contributed by atoms with Gasteiger partial charge in [-0.2, -0.15) is 4.39 Å². The van der Waals surface area contributed by atoms with Gasteiger partial charge >= 0.3 is 19.4 Å². The fourth-order valence-electron chi connectivity index (χ4n) is 2.55. The molecule has 4 N–H and O–H groups in total. The zero-order valence-electron chi connectivity index (χ0n) is 15.9. The van der Waals surface area contributed by atoms with E-state index in [1.54, 1.807) is 18.8 Å². The van der Waals surface area contributed by atoms with E-state index in [9.17, 15) is 33.3 Å². The molecule has 2 rings (SSSR count). The molecule has 0 amide bonds. The second kappa shape index (κ2) is 9.28. The van der Waals surface area contributed by atoms with Crippen molar-refractivity contribution in [1.82, 2.24) is 14.6 Å². The van der Waals surface area contributed by atoms with Crippen molar-refractivity contribution in [3.63, 3.8) is 0 Å². The van der Waals surface area contributed by atoms with Gasteiger partial charge in [0, 0.05) is 6.42 Å². The summed E-state index contributed by atoms with van der Waals surface area (Å²) in [5.74, 6) is -1.97. The first-order chi connectivity index (χ1) is 13.4. The smallest absolute Gasteiger partial charge is 0.403 e. The van der Waals surface area contributed by atoms with E-state index in [1.807, 2.05) is 0 Å². The van der Waals surface area contributed by atoms with Crippen molar-refractivity contribution in [3.05, 3.63) is 32.9 Å². The van der Waals surface area contributed by atoms with Gasteiger partial charge in [0.1, 0.15) is 18.4 Å². The van der Waals surface area contributed by atoms with Gasteiger partial charge in [0.2, 0.25) is 5.82 Å². The Labute approximate surface area is 164 Å². The topological polar surface area (TPSA) is 169 Å². The van der Waals surface area contributed by atoms with Crippen molar-refractivity contribution >= 4 is 13.7 Å². The third-order valence-electron chi connectivity index (χ3n) is 3.91. The van der Waals surface area contributed by atoms with Crippen molar-refractivity contribution in [2.45, 2.75) is 57.8 Å². The normalized spacial score (nSPS) is 25.0. The lowest BCUT2D eigenvalue weighted by Gasteiger charge is -2.21. The Hall–Kier alpha value is -1.89. The number of hydrogen-bond acceptors (Lipinski definition) is 8. The zero-order valence-corrected chi connectivity index (χ0v) is 16.8. The highest BCUT2D eigenvalue weighted by Crippen LogP contribution is 2.39. The number of aromatic amines is 1. The van der Waals surface area contributed by atoms with Crippen molar-refractivity contribution in [2.75, 3.05) is 6.61 Å². The van der Waals surface area contributed by atoms with Gasteiger partial charge in [-0.15, -0.1) is 0 Å². The molecule has 0 aromatic carbocycles. The summed E-state index contributed by atoms with van der Waals surface area (Å²) in [4.78, 5) is 46.2. The Morgan fingerprint density at radius 1 is 1.48 bits per heavy atom. The van der Waals surface area contributed by atoms with Gasteiger partial charge in [0.05, 0.1) is 25.0 Å². The van der Waals surface area contributed by atoms with E-state index in [4.69, 9.17) is 14.0 Å². The Balaban J connectivity index is 1.96. The standard InChI is InChI=1S/C15H23FN3O9P/c1-7(2)27-14(22)8(3)18-29(24,25)26-6-11-10(20)4-12(28-11)19-5-9(16)13(21)17-15(19)23/h5,7-8,10-12,20H,4,6H2,1-3H3,(H,17,21,23)(H2,18,24,25)/t8-,10?,11?,12?/m0/s1. The van der Waals surface area contributed by atoms with Gasteiger partial charge in [-0.25, -0.2) is 14.4 Å². The minimum Gasteiger partial charge on any atom is -0.462 e. The molecule has 1 fully saturated rings. The molecule has 0 saturated carbocycles. The van der Waals surface area contributed by atoms with Crippen LogP contribution in [0, 0.1) is 5.82 Å². The van der Waals surface area contributed by atoms with Crippen LogP contribution >= 0.6 is 7.75 Å². The van der Waals surface area contributed by atoms with Crippen LogP contribution in [0.15, 0.2) is 15.8 Å².